The second kappa shape index (κ2) is 6.64. The van der Waals surface area contributed by atoms with E-state index in [1.807, 2.05) is 0 Å². The van der Waals surface area contributed by atoms with E-state index >= 15 is 0 Å². The Kier molecular flexibility index (Phi) is 5.05. The maximum absolute atomic E-state index is 14.0. The molecule has 0 unspecified atom stereocenters. The summed E-state index contributed by atoms with van der Waals surface area (Å²) in [5, 5.41) is 2.42. The van der Waals surface area contributed by atoms with Crippen molar-refractivity contribution in [1.82, 2.24) is 5.32 Å². The van der Waals surface area contributed by atoms with Crippen LogP contribution in [0.1, 0.15) is 15.2 Å². The Labute approximate surface area is 129 Å². The van der Waals surface area contributed by atoms with E-state index in [0.717, 1.165) is 11.3 Å². The number of benzene rings is 1. The van der Waals surface area contributed by atoms with Crippen LogP contribution in [0.2, 0.25) is 0 Å². The van der Waals surface area contributed by atoms with Crippen LogP contribution in [0.25, 0.3) is 10.1 Å². The molecular formula is C14H15F3N2O2S. The van der Waals surface area contributed by atoms with Crippen LogP contribution >= 0.6 is 11.3 Å². The molecule has 0 atom stereocenters. The Morgan fingerprint density at radius 3 is 2.82 bits per heavy atom. The van der Waals surface area contributed by atoms with E-state index in [1.54, 1.807) is 6.07 Å². The lowest BCUT2D eigenvalue weighted by Crippen LogP contribution is -2.41. The largest absolute Gasteiger partial charge is 0.380 e. The van der Waals surface area contributed by atoms with E-state index in [9.17, 15) is 18.0 Å². The normalized spacial score (nSPS) is 11.9. The van der Waals surface area contributed by atoms with Gasteiger partial charge in [-0.2, -0.15) is 0 Å². The van der Waals surface area contributed by atoms with Gasteiger partial charge in [-0.3, -0.25) is 4.79 Å². The molecule has 0 saturated carbocycles. The Bertz CT molecular complexity index is 688. The highest BCUT2D eigenvalue weighted by molar-refractivity contribution is 7.21. The van der Waals surface area contributed by atoms with E-state index < -0.39 is 30.7 Å². The van der Waals surface area contributed by atoms with E-state index in [1.165, 1.54) is 19.2 Å². The van der Waals surface area contributed by atoms with Gasteiger partial charge in [-0.15, -0.1) is 11.3 Å². The number of halogens is 3. The third-order valence-electron chi connectivity index (χ3n) is 3.06. The number of methoxy groups -OCH3 is 1. The summed E-state index contributed by atoms with van der Waals surface area (Å²) in [6.07, 6.45) is 0. The van der Waals surface area contributed by atoms with Gasteiger partial charge in [0.1, 0.15) is 5.82 Å². The van der Waals surface area contributed by atoms with Crippen LogP contribution in [0.15, 0.2) is 18.2 Å². The molecule has 2 aromatic rings. The van der Waals surface area contributed by atoms with Crippen LogP contribution in [0, 0.1) is 5.82 Å². The van der Waals surface area contributed by atoms with Crippen molar-refractivity contribution in [2.24, 2.45) is 5.73 Å². The van der Waals surface area contributed by atoms with Gasteiger partial charge in [-0.05, 0) is 12.1 Å². The van der Waals surface area contributed by atoms with Crippen molar-refractivity contribution < 1.29 is 22.7 Å². The first-order valence-electron chi connectivity index (χ1n) is 6.44. The lowest BCUT2D eigenvalue weighted by molar-refractivity contribution is 0.0119. The SMILES string of the molecule is COCc1c(C(=O)NCC(F)(F)CN)sc2cccc(F)c12. The standard InChI is InChI=1S/C14H15F3N2O2S/c1-21-5-8-11-9(15)3-2-4-10(11)22-12(8)13(20)19-7-14(16,17)6-18/h2-4H,5-7,18H2,1H3,(H,19,20). The minimum atomic E-state index is -3.18. The summed E-state index contributed by atoms with van der Waals surface area (Å²) in [7, 11) is 1.41. The summed E-state index contributed by atoms with van der Waals surface area (Å²) in [5.74, 6) is -4.35. The Balaban J connectivity index is 2.36. The van der Waals surface area contributed by atoms with Gasteiger partial charge in [0.25, 0.3) is 11.8 Å². The van der Waals surface area contributed by atoms with E-state index in [4.69, 9.17) is 10.5 Å². The van der Waals surface area contributed by atoms with Gasteiger partial charge in [0.2, 0.25) is 0 Å². The quantitative estimate of drug-likeness (QED) is 0.854. The number of fused-ring (bicyclic) bond motifs is 1. The molecule has 1 aromatic heterocycles. The average Bonchev–Trinajstić information content (AvgIpc) is 2.85. The molecule has 120 valence electrons. The van der Waals surface area contributed by atoms with Crippen molar-refractivity contribution in [3.63, 3.8) is 0 Å². The van der Waals surface area contributed by atoms with Gasteiger partial charge < -0.3 is 15.8 Å². The monoisotopic (exact) mass is 332 g/mol. The molecule has 0 saturated heterocycles. The number of ether oxygens (including phenoxy) is 1. The zero-order valence-corrected chi connectivity index (χ0v) is 12.6. The van der Waals surface area contributed by atoms with Gasteiger partial charge >= 0.3 is 0 Å². The number of thiophene rings is 1. The average molecular weight is 332 g/mol. The van der Waals surface area contributed by atoms with Crippen LogP contribution in [0.3, 0.4) is 0 Å². The Morgan fingerprint density at radius 1 is 1.45 bits per heavy atom. The fourth-order valence-electron chi connectivity index (χ4n) is 1.99. The third-order valence-corrected chi connectivity index (χ3v) is 4.26. The minimum Gasteiger partial charge on any atom is -0.380 e. The second-order valence-corrected chi connectivity index (χ2v) is 5.75. The first kappa shape index (κ1) is 16.7. The Hall–Kier alpha value is -1.64. The van der Waals surface area contributed by atoms with Crippen molar-refractivity contribution in [2.45, 2.75) is 12.5 Å². The molecule has 1 heterocycles. The number of carbonyl (C=O) groups is 1. The number of nitrogens with one attached hydrogen (secondary N) is 1. The highest BCUT2D eigenvalue weighted by atomic mass is 32.1. The Morgan fingerprint density at radius 2 is 2.18 bits per heavy atom. The minimum absolute atomic E-state index is 0.0109. The van der Waals surface area contributed by atoms with Crippen LogP contribution in [0.5, 0.6) is 0 Å². The number of alkyl halides is 2. The van der Waals surface area contributed by atoms with Crippen molar-refractivity contribution in [1.29, 1.82) is 0 Å². The summed E-state index contributed by atoms with van der Waals surface area (Å²) in [5.41, 5.74) is 5.28. The zero-order chi connectivity index (χ0) is 16.3. The van der Waals surface area contributed by atoms with Crippen LogP contribution in [-0.4, -0.2) is 32.0 Å². The fourth-order valence-corrected chi connectivity index (χ4v) is 3.13. The molecule has 0 aliphatic carbocycles. The predicted octanol–water partition coefficient (Wildman–Crippen LogP) is 2.51. The lowest BCUT2D eigenvalue weighted by atomic mass is 10.1. The zero-order valence-electron chi connectivity index (χ0n) is 11.8. The fraction of sp³-hybridized carbons (Fsp3) is 0.357. The first-order chi connectivity index (χ1) is 10.4. The van der Waals surface area contributed by atoms with E-state index in [2.05, 4.69) is 5.32 Å². The van der Waals surface area contributed by atoms with E-state index in [0.29, 0.717) is 10.3 Å². The molecule has 0 spiro atoms. The molecule has 2 rings (SSSR count). The molecule has 0 aliphatic heterocycles. The molecule has 3 N–H and O–H groups in total. The van der Waals surface area contributed by atoms with E-state index in [-0.39, 0.29) is 16.9 Å². The summed E-state index contributed by atoms with van der Waals surface area (Å²) in [6.45, 7) is -1.72. The number of rotatable bonds is 6. The van der Waals surface area contributed by atoms with Crippen molar-refractivity contribution in [3.8, 4) is 0 Å². The number of amides is 1. The summed E-state index contributed by atoms with van der Waals surface area (Å²) < 4.78 is 45.8. The molecule has 0 bridgehead atoms. The number of hydrogen-bond donors (Lipinski definition) is 2. The number of hydrogen-bond acceptors (Lipinski definition) is 4. The molecule has 0 radical (unpaired) electrons. The summed E-state index contributed by atoms with van der Waals surface area (Å²) >= 11 is 1.04. The van der Waals surface area contributed by atoms with Gasteiger partial charge in [0.05, 0.1) is 24.6 Å². The molecule has 1 amide bonds. The maximum Gasteiger partial charge on any atom is 0.277 e. The molecule has 8 heteroatoms. The predicted molar refractivity (Wildman–Crippen MR) is 78.8 cm³/mol. The van der Waals surface area contributed by atoms with Crippen LogP contribution < -0.4 is 11.1 Å². The molecule has 4 nitrogen and oxygen atoms in total. The topological polar surface area (TPSA) is 64.3 Å². The highest BCUT2D eigenvalue weighted by Gasteiger charge is 2.28. The van der Waals surface area contributed by atoms with Crippen molar-refractivity contribution in [3.05, 3.63) is 34.5 Å². The van der Waals surface area contributed by atoms with Gasteiger partial charge in [0, 0.05) is 22.8 Å². The smallest absolute Gasteiger partial charge is 0.277 e. The van der Waals surface area contributed by atoms with Crippen LogP contribution in [-0.2, 0) is 11.3 Å². The lowest BCUT2D eigenvalue weighted by Gasteiger charge is -2.14. The summed E-state index contributed by atoms with van der Waals surface area (Å²) in [6, 6.07) is 4.46. The maximum atomic E-state index is 14.0. The molecular weight excluding hydrogens is 317 g/mol. The van der Waals surface area contributed by atoms with Crippen LogP contribution in [0.4, 0.5) is 13.2 Å². The van der Waals surface area contributed by atoms with Crippen molar-refractivity contribution >= 4 is 27.3 Å². The highest BCUT2D eigenvalue weighted by Crippen LogP contribution is 2.33. The molecule has 0 fully saturated rings. The molecule has 22 heavy (non-hydrogen) atoms. The van der Waals surface area contributed by atoms with Gasteiger partial charge in [-0.1, -0.05) is 6.07 Å². The second-order valence-electron chi connectivity index (χ2n) is 4.70. The molecule has 0 aliphatic rings. The number of nitrogens with two attached hydrogens (primary N) is 1. The third kappa shape index (κ3) is 3.40. The first-order valence-corrected chi connectivity index (χ1v) is 7.26. The molecule has 1 aromatic carbocycles. The number of carbonyl (C=O) groups excluding carboxylic acids is 1. The van der Waals surface area contributed by atoms with Gasteiger partial charge in [-0.25, -0.2) is 13.2 Å². The van der Waals surface area contributed by atoms with Gasteiger partial charge in [0.15, 0.2) is 0 Å². The summed E-state index contributed by atoms with van der Waals surface area (Å²) in [4.78, 5) is 12.3. The van der Waals surface area contributed by atoms with Crippen molar-refractivity contribution in [2.75, 3.05) is 20.2 Å².